The largest absolute Gasteiger partial charge is 0.347 e. The number of thiophene rings is 1. The average molecular weight is 375 g/mol. The number of hydrogen-bond acceptors (Lipinski definition) is 2. The number of rotatable bonds is 5. The molecule has 4 rings (SSSR count). The molecule has 0 bridgehead atoms. The summed E-state index contributed by atoms with van der Waals surface area (Å²) in [6.07, 6.45) is 0. The normalized spacial score (nSPS) is 11.0. The molecule has 1 amide bonds. The predicted octanol–water partition coefficient (Wildman–Crippen LogP) is 5.30. The van der Waals surface area contributed by atoms with E-state index in [1.807, 2.05) is 18.2 Å². The first kappa shape index (κ1) is 17.6. The van der Waals surface area contributed by atoms with Gasteiger partial charge in [-0.1, -0.05) is 59.7 Å². The number of carbonyl (C=O) groups excluding carboxylic acids is 1. The highest BCUT2D eigenvalue weighted by Crippen LogP contribution is 2.26. The van der Waals surface area contributed by atoms with Crippen molar-refractivity contribution >= 4 is 27.5 Å². The van der Waals surface area contributed by atoms with Crippen molar-refractivity contribution in [2.45, 2.75) is 26.9 Å². The van der Waals surface area contributed by atoms with Gasteiger partial charge < -0.3 is 9.88 Å². The third kappa shape index (κ3) is 3.81. The van der Waals surface area contributed by atoms with Gasteiger partial charge in [-0.3, -0.25) is 4.79 Å². The standard InChI is InChI=1S/C23H22N2OS/c1-16-6-8-18(9-7-16)15-25-20-10-11-27-22(20)13-21(25)23(26)24-14-19-5-3-4-17(2)12-19/h3-13H,14-15H2,1-2H3,(H,24,26). The van der Waals surface area contributed by atoms with Gasteiger partial charge in [0.2, 0.25) is 0 Å². The average Bonchev–Trinajstić information content (AvgIpc) is 3.24. The molecule has 0 spiro atoms. The van der Waals surface area contributed by atoms with E-state index in [9.17, 15) is 4.79 Å². The molecule has 27 heavy (non-hydrogen) atoms. The quantitative estimate of drug-likeness (QED) is 0.505. The van der Waals surface area contributed by atoms with E-state index in [0.29, 0.717) is 18.8 Å². The molecule has 0 aliphatic heterocycles. The van der Waals surface area contributed by atoms with Gasteiger partial charge in [0.25, 0.3) is 5.91 Å². The second kappa shape index (κ2) is 7.41. The first-order valence-electron chi connectivity index (χ1n) is 9.06. The van der Waals surface area contributed by atoms with Crippen LogP contribution in [0.15, 0.2) is 66.0 Å². The monoisotopic (exact) mass is 374 g/mol. The molecule has 0 saturated heterocycles. The molecule has 2 aromatic carbocycles. The highest BCUT2D eigenvalue weighted by molar-refractivity contribution is 7.17. The number of nitrogens with zero attached hydrogens (tertiary/aromatic N) is 1. The van der Waals surface area contributed by atoms with Gasteiger partial charge in [-0.05, 0) is 42.5 Å². The van der Waals surface area contributed by atoms with Crippen molar-refractivity contribution in [3.8, 4) is 0 Å². The fourth-order valence-electron chi connectivity index (χ4n) is 3.31. The summed E-state index contributed by atoms with van der Waals surface area (Å²) in [5.41, 5.74) is 6.57. The lowest BCUT2D eigenvalue weighted by atomic mass is 10.1. The van der Waals surface area contributed by atoms with Crippen molar-refractivity contribution in [1.82, 2.24) is 9.88 Å². The first-order valence-corrected chi connectivity index (χ1v) is 9.94. The maximum atomic E-state index is 12.9. The maximum absolute atomic E-state index is 12.9. The van der Waals surface area contributed by atoms with E-state index in [4.69, 9.17) is 0 Å². The third-order valence-electron chi connectivity index (χ3n) is 4.75. The molecule has 4 heteroatoms. The van der Waals surface area contributed by atoms with Gasteiger partial charge in [-0.2, -0.15) is 0 Å². The van der Waals surface area contributed by atoms with Crippen molar-refractivity contribution in [3.63, 3.8) is 0 Å². The summed E-state index contributed by atoms with van der Waals surface area (Å²) >= 11 is 1.67. The molecule has 0 unspecified atom stereocenters. The van der Waals surface area contributed by atoms with Gasteiger partial charge in [0, 0.05) is 13.1 Å². The lowest BCUT2D eigenvalue weighted by Gasteiger charge is -2.11. The van der Waals surface area contributed by atoms with E-state index in [-0.39, 0.29) is 5.91 Å². The Hall–Kier alpha value is -2.85. The van der Waals surface area contributed by atoms with Gasteiger partial charge >= 0.3 is 0 Å². The van der Waals surface area contributed by atoms with Crippen molar-refractivity contribution in [2.75, 3.05) is 0 Å². The second-order valence-corrected chi connectivity index (χ2v) is 7.89. The minimum Gasteiger partial charge on any atom is -0.347 e. The van der Waals surface area contributed by atoms with Crippen molar-refractivity contribution in [3.05, 3.63) is 94.0 Å². The van der Waals surface area contributed by atoms with E-state index in [2.05, 4.69) is 71.6 Å². The lowest BCUT2D eigenvalue weighted by Crippen LogP contribution is -2.25. The summed E-state index contributed by atoms with van der Waals surface area (Å²) in [6.45, 7) is 5.37. The fourth-order valence-corrected chi connectivity index (χ4v) is 4.13. The Morgan fingerprint density at radius 2 is 1.78 bits per heavy atom. The van der Waals surface area contributed by atoms with Crippen LogP contribution >= 0.6 is 11.3 Å². The van der Waals surface area contributed by atoms with Crippen LogP contribution in [0.5, 0.6) is 0 Å². The molecule has 3 nitrogen and oxygen atoms in total. The SMILES string of the molecule is Cc1ccc(Cn2c(C(=O)NCc3cccc(C)c3)cc3sccc32)cc1. The molecule has 2 aromatic heterocycles. The second-order valence-electron chi connectivity index (χ2n) is 6.94. The van der Waals surface area contributed by atoms with Crippen molar-refractivity contribution in [1.29, 1.82) is 0 Å². The smallest absolute Gasteiger partial charge is 0.268 e. The maximum Gasteiger partial charge on any atom is 0.268 e. The topological polar surface area (TPSA) is 34.0 Å². The van der Waals surface area contributed by atoms with E-state index < -0.39 is 0 Å². The van der Waals surface area contributed by atoms with E-state index >= 15 is 0 Å². The molecular formula is C23H22N2OS. The van der Waals surface area contributed by atoms with E-state index in [1.54, 1.807) is 11.3 Å². The minimum atomic E-state index is -0.0352. The van der Waals surface area contributed by atoms with Crippen LogP contribution in [0.4, 0.5) is 0 Å². The van der Waals surface area contributed by atoms with Crippen LogP contribution in [0.25, 0.3) is 10.2 Å². The number of hydrogen-bond donors (Lipinski definition) is 1. The molecule has 0 aliphatic carbocycles. The van der Waals surface area contributed by atoms with Crippen LogP contribution in [0.1, 0.15) is 32.7 Å². The number of nitrogens with one attached hydrogen (secondary N) is 1. The van der Waals surface area contributed by atoms with E-state index in [1.165, 1.54) is 16.7 Å². The summed E-state index contributed by atoms with van der Waals surface area (Å²) < 4.78 is 3.25. The highest BCUT2D eigenvalue weighted by Gasteiger charge is 2.16. The van der Waals surface area contributed by atoms with Gasteiger partial charge in [-0.15, -0.1) is 11.3 Å². The Kier molecular flexibility index (Phi) is 4.82. The lowest BCUT2D eigenvalue weighted by molar-refractivity contribution is 0.0942. The van der Waals surface area contributed by atoms with Crippen LogP contribution in [-0.4, -0.2) is 10.5 Å². The summed E-state index contributed by atoms with van der Waals surface area (Å²) in [4.78, 5) is 12.9. The van der Waals surface area contributed by atoms with Gasteiger partial charge in [0.1, 0.15) is 5.69 Å². The van der Waals surface area contributed by atoms with Crippen molar-refractivity contribution in [2.24, 2.45) is 0 Å². The van der Waals surface area contributed by atoms with Crippen molar-refractivity contribution < 1.29 is 4.79 Å². The van der Waals surface area contributed by atoms with Crippen LogP contribution in [-0.2, 0) is 13.1 Å². The Morgan fingerprint density at radius 1 is 0.963 bits per heavy atom. The summed E-state index contributed by atoms with van der Waals surface area (Å²) in [6, 6.07) is 20.8. The molecule has 0 fully saturated rings. The third-order valence-corrected chi connectivity index (χ3v) is 5.61. The molecular weight excluding hydrogens is 352 g/mol. The zero-order valence-corrected chi connectivity index (χ0v) is 16.3. The Bertz CT molecular complexity index is 1090. The number of aryl methyl sites for hydroxylation is 2. The predicted molar refractivity (Wildman–Crippen MR) is 112 cm³/mol. The first-order chi connectivity index (χ1) is 13.1. The van der Waals surface area contributed by atoms with Crippen LogP contribution in [0.3, 0.4) is 0 Å². The van der Waals surface area contributed by atoms with Crippen LogP contribution in [0, 0.1) is 13.8 Å². The van der Waals surface area contributed by atoms with Gasteiger partial charge in [-0.25, -0.2) is 0 Å². The molecule has 2 heterocycles. The minimum absolute atomic E-state index is 0.0352. The molecule has 136 valence electrons. The summed E-state index contributed by atoms with van der Waals surface area (Å²) in [5.74, 6) is -0.0352. The molecule has 0 saturated carbocycles. The zero-order chi connectivity index (χ0) is 18.8. The number of aromatic nitrogens is 1. The van der Waals surface area contributed by atoms with Crippen LogP contribution in [0.2, 0.25) is 0 Å². The molecule has 0 atom stereocenters. The summed E-state index contributed by atoms with van der Waals surface area (Å²) in [7, 11) is 0. The molecule has 4 aromatic rings. The number of amides is 1. The zero-order valence-electron chi connectivity index (χ0n) is 15.5. The van der Waals surface area contributed by atoms with E-state index in [0.717, 1.165) is 15.8 Å². The van der Waals surface area contributed by atoms with Crippen LogP contribution < -0.4 is 5.32 Å². The Balaban J connectivity index is 1.59. The van der Waals surface area contributed by atoms with Gasteiger partial charge in [0.05, 0.1) is 10.2 Å². The number of benzene rings is 2. The Morgan fingerprint density at radius 3 is 2.56 bits per heavy atom. The molecule has 0 radical (unpaired) electrons. The van der Waals surface area contributed by atoms with Gasteiger partial charge in [0.15, 0.2) is 0 Å². The molecule has 0 aliphatic rings. The number of fused-ring (bicyclic) bond motifs is 1. The fraction of sp³-hybridized carbons (Fsp3) is 0.174. The highest BCUT2D eigenvalue weighted by atomic mass is 32.1. The number of carbonyl (C=O) groups is 1. The summed E-state index contributed by atoms with van der Waals surface area (Å²) in [5, 5.41) is 5.15. The molecule has 1 N–H and O–H groups in total. The Labute approximate surface area is 163 Å².